The van der Waals surface area contributed by atoms with E-state index in [-0.39, 0.29) is 16.6 Å². The molecule has 1 aliphatic rings. The second-order valence-electron chi connectivity index (χ2n) is 3.20. The van der Waals surface area contributed by atoms with Crippen LogP contribution in [0.2, 0.25) is 0 Å². The summed E-state index contributed by atoms with van der Waals surface area (Å²) >= 11 is 3.41. The van der Waals surface area contributed by atoms with Gasteiger partial charge in [-0.2, -0.15) is 0 Å². The topological polar surface area (TPSA) is 46.2 Å². The SMILES string of the molecule is CC(Br)c1ccc2c(c1)C(=O)NC2=O. The number of fused-ring (bicyclic) bond motifs is 1. The summed E-state index contributed by atoms with van der Waals surface area (Å²) in [5.41, 5.74) is 1.93. The van der Waals surface area contributed by atoms with Gasteiger partial charge in [-0.15, -0.1) is 0 Å². The van der Waals surface area contributed by atoms with E-state index in [1.807, 2.05) is 13.0 Å². The van der Waals surface area contributed by atoms with E-state index in [4.69, 9.17) is 0 Å². The first-order valence-electron chi connectivity index (χ1n) is 4.23. The third-order valence-corrected chi connectivity index (χ3v) is 2.75. The highest BCUT2D eigenvalue weighted by Crippen LogP contribution is 2.25. The Labute approximate surface area is 89.6 Å². The molecule has 1 aliphatic heterocycles. The first kappa shape index (κ1) is 9.40. The van der Waals surface area contributed by atoms with Gasteiger partial charge in [-0.1, -0.05) is 22.0 Å². The van der Waals surface area contributed by atoms with Crippen LogP contribution in [0.25, 0.3) is 0 Å². The molecule has 0 saturated heterocycles. The Morgan fingerprint density at radius 1 is 1.21 bits per heavy atom. The van der Waals surface area contributed by atoms with Crippen LogP contribution >= 0.6 is 15.9 Å². The number of imide groups is 1. The molecular weight excluding hydrogens is 246 g/mol. The van der Waals surface area contributed by atoms with E-state index in [1.165, 1.54) is 0 Å². The average molecular weight is 254 g/mol. The summed E-state index contributed by atoms with van der Waals surface area (Å²) in [7, 11) is 0. The van der Waals surface area contributed by atoms with Crippen LogP contribution in [0.5, 0.6) is 0 Å². The molecule has 1 atom stereocenters. The highest BCUT2D eigenvalue weighted by Gasteiger charge is 2.26. The van der Waals surface area contributed by atoms with Crippen molar-refractivity contribution in [3.8, 4) is 0 Å². The minimum Gasteiger partial charge on any atom is -0.288 e. The summed E-state index contributed by atoms with van der Waals surface area (Å²) in [6.45, 7) is 1.97. The summed E-state index contributed by atoms with van der Waals surface area (Å²) in [5.74, 6) is -0.612. The van der Waals surface area contributed by atoms with Gasteiger partial charge in [0.2, 0.25) is 0 Å². The van der Waals surface area contributed by atoms with Crippen molar-refractivity contribution in [1.29, 1.82) is 0 Å². The number of carbonyl (C=O) groups is 2. The van der Waals surface area contributed by atoms with Crippen LogP contribution in [0.1, 0.15) is 38.0 Å². The molecule has 2 amide bonds. The van der Waals surface area contributed by atoms with E-state index < -0.39 is 0 Å². The van der Waals surface area contributed by atoms with Crippen molar-refractivity contribution in [2.45, 2.75) is 11.8 Å². The molecule has 1 unspecified atom stereocenters. The molecule has 0 aromatic heterocycles. The number of nitrogens with one attached hydrogen (secondary N) is 1. The highest BCUT2D eigenvalue weighted by molar-refractivity contribution is 9.09. The maximum Gasteiger partial charge on any atom is 0.258 e. The molecule has 0 radical (unpaired) electrons. The Morgan fingerprint density at radius 3 is 2.50 bits per heavy atom. The van der Waals surface area contributed by atoms with Gasteiger partial charge in [-0.3, -0.25) is 14.9 Å². The van der Waals surface area contributed by atoms with Gasteiger partial charge in [0.15, 0.2) is 0 Å². The summed E-state index contributed by atoms with van der Waals surface area (Å²) in [6.07, 6.45) is 0. The minimum absolute atomic E-state index is 0.177. The molecule has 14 heavy (non-hydrogen) atoms. The Hall–Kier alpha value is -1.16. The molecule has 0 saturated carbocycles. The summed E-state index contributed by atoms with van der Waals surface area (Å²) in [5, 5.41) is 2.26. The van der Waals surface area contributed by atoms with Crippen LogP contribution < -0.4 is 5.32 Å². The van der Waals surface area contributed by atoms with Gasteiger partial charge in [0.25, 0.3) is 11.8 Å². The predicted octanol–water partition coefficient (Wildman–Crippen LogP) is 2.03. The largest absolute Gasteiger partial charge is 0.288 e. The van der Waals surface area contributed by atoms with Gasteiger partial charge in [0.1, 0.15) is 0 Å². The summed E-state index contributed by atoms with van der Waals surface area (Å²) in [4.78, 5) is 22.7. The summed E-state index contributed by atoms with van der Waals surface area (Å²) < 4.78 is 0. The molecule has 2 rings (SSSR count). The number of hydrogen-bond donors (Lipinski definition) is 1. The fourth-order valence-corrected chi connectivity index (χ4v) is 1.72. The summed E-state index contributed by atoms with van der Waals surface area (Å²) in [6, 6.07) is 5.27. The molecule has 0 bridgehead atoms. The van der Waals surface area contributed by atoms with E-state index >= 15 is 0 Å². The average Bonchev–Trinajstić information content (AvgIpc) is 2.42. The van der Waals surface area contributed by atoms with E-state index in [1.54, 1.807) is 12.1 Å². The molecule has 4 heteroatoms. The second kappa shape index (κ2) is 3.20. The molecule has 1 heterocycles. The number of carbonyl (C=O) groups excluding carboxylic acids is 2. The van der Waals surface area contributed by atoms with Gasteiger partial charge in [-0.05, 0) is 24.6 Å². The van der Waals surface area contributed by atoms with Crippen LogP contribution in [0.3, 0.4) is 0 Å². The molecule has 0 aliphatic carbocycles. The number of alkyl halides is 1. The van der Waals surface area contributed by atoms with Gasteiger partial charge in [0.05, 0.1) is 11.1 Å². The van der Waals surface area contributed by atoms with Crippen LogP contribution in [-0.2, 0) is 0 Å². The first-order valence-corrected chi connectivity index (χ1v) is 5.15. The number of hydrogen-bond acceptors (Lipinski definition) is 2. The Kier molecular flexibility index (Phi) is 2.15. The zero-order valence-electron chi connectivity index (χ0n) is 7.50. The van der Waals surface area contributed by atoms with Crippen molar-refractivity contribution in [3.05, 3.63) is 34.9 Å². The zero-order chi connectivity index (χ0) is 10.3. The molecule has 1 aromatic carbocycles. The van der Waals surface area contributed by atoms with Crippen molar-refractivity contribution in [3.63, 3.8) is 0 Å². The van der Waals surface area contributed by atoms with Crippen molar-refractivity contribution >= 4 is 27.7 Å². The molecule has 0 fully saturated rings. The normalized spacial score (nSPS) is 16.4. The molecule has 0 spiro atoms. The third-order valence-electron chi connectivity index (χ3n) is 2.22. The number of rotatable bonds is 1. The molecule has 1 aromatic rings. The third kappa shape index (κ3) is 1.35. The molecule has 72 valence electrons. The van der Waals surface area contributed by atoms with Crippen molar-refractivity contribution in [1.82, 2.24) is 5.32 Å². The molecular formula is C10H8BrNO2. The smallest absolute Gasteiger partial charge is 0.258 e. The number of benzene rings is 1. The lowest BCUT2D eigenvalue weighted by Crippen LogP contribution is -2.19. The maximum absolute atomic E-state index is 11.3. The predicted molar refractivity (Wildman–Crippen MR) is 55.6 cm³/mol. The van der Waals surface area contributed by atoms with Crippen LogP contribution in [0, 0.1) is 0 Å². The lowest BCUT2D eigenvalue weighted by molar-refractivity contribution is 0.0879. The zero-order valence-corrected chi connectivity index (χ0v) is 9.09. The van der Waals surface area contributed by atoms with Crippen LogP contribution in [-0.4, -0.2) is 11.8 Å². The number of halogens is 1. The van der Waals surface area contributed by atoms with E-state index in [0.29, 0.717) is 11.1 Å². The standard InChI is InChI=1S/C10H8BrNO2/c1-5(11)6-2-3-7-8(4-6)10(14)12-9(7)13/h2-5H,1H3,(H,12,13,14). The quantitative estimate of drug-likeness (QED) is 0.615. The molecule has 1 N–H and O–H groups in total. The highest BCUT2D eigenvalue weighted by atomic mass is 79.9. The Balaban J connectivity index is 2.55. The van der Waals surface area contributed by atoms with Gasteiger partial charge < -0.3 is 0 Å². The van der Waals surface area contributed by atoms with Crippen molar-refractivity contribution in [2.75, 3.05) is 0 Å². The van der Waals surface area contributed by atoms with Crippen LogP contribution in [0.4, 0.5) is 0 Å². The van der Waals surface area contributed by atoms with E-state index in [9.17, 15) is 9.59 Å². The lowest BCUT2D eigenvalue weighted by atomic mass is 10.0. The Morgan fingerprint density at radius 2 is 1.86 bits per heavy atom. The fraction of sp³-hybridized carbons (Fsp3) is 0.200. The van der Waals surface area contributed by atoms with E-state index in [0.717, 1.165) is 5.56 Å². The maximum atomic E-state index is 11.3. The molecule has 3 nitrogen and oxygen atoms in total. The van der Waals surface area contributed by atoms with Crippen molar-refractivity contribution in [2.24, 2.45) is 0 Å². The van der Waals surface area contributed by atoms with Gasteiger partial charge in [-0.25, -0.2) is 0 Å². The van der Waals surface area contributed by atoms with Gasteiger partial charge in [0, 0.05) is 4.83 Å². The van der Waals surface area contributed by atoms with E-state index in [2.05, 4.69) is 21.2 Å². The van der Waals surface area contributed by atoms with Crippen LogP contribution in [0.15, 0.2) is 18.2 Å². The fourth-order valence-electron chi connectivity index (χ4n) is 1.43. The Bertz CT molecular complexity index is 426. The van der Waals surface area contributed by atoms with Crippen molar-refractivity contribution < 1.29 is 9.59 Å². The minimum atomic E-state index is -0.307. The first-order chi connectivity index (χ1) is 6.59. The van der Waals surface area contributed by atoms with Gasteiger partial charge >= 0.3 is 0 Å². The second-order valence-corrected chi connectivity index (χ2v) is 4.58. The monoisotopic (exact) mass is 253 g/mol. The lowest BCUT2D eigenvalue weighted by Gasteiger charge is -2.03. The number of amides is 2.